The van der Waals surface area contributed by atoms with Crippen molar-refractivity contribution in [1.29, 1.82) is 0 Å². The molecule has 0 atom stereocenters. The van der Waals surface area contributed by atoms with E-state index in [-0.39, 0.29) is 17.5 Å². The summed E-state index contributed by atoms with van der Waals surface area (Å²) in [5.74, 6) is 15.8. The molecule has 0 aromatic heterocycles. The van der Waals surface area contributed by atoms with Crippen LogP contribution in [0.2, 0.25) is 0 Å². The highest BCUT2D eigenvalue weighted by Crippen LogP contribution is 1.86. The molecule has 26 heavy (non-hydrogen) atoms. The first-order valence-electron chi connectivity index (χ1n) is 8.64. The quantitative estimate of drug-likeness (QED) is 0.310. The third kappa shape index (κ3) is 37.6. The zero-order chi connectivity index (χ0) is 21.1. The smallest absolute Gasteiger partial charge is 0.384 e. The Morgan fingerprint density at radius 1 is 0.692 bits per heavy atom. The molecule has 0 aromatic carbocycles. The molecule has 0 spiro atoms. The summed E-state index contributed by atoms with van der Waals surface area (Å²) in [4.78, 5) is 30.9. The van der Waals surface area contributed by atoms with E-state index in [2.05, 4.69) is 40.3 Å². The van der Waals surface area contributed by atoms with Crippen molar-refractivity contribution in [2.24, 2.45) is 17.8 Å². The van der Waals surface area contributed by atoms with Crippen LogP contribution in [0.1, 0.15) is 62.3 Å². The molecular weight excluding hydrogens is 328 g/mol. The standard InChI is InChI=1S/C8H12O2.2C7H10O/c1-4-10-8(9)6-5-7(2)3;2*1-6(2)4-5-7(3)8/h7H,4H2,1-3H3;2*6H,1-3H3. The van der Waals surface area contributed by atoms with Gasteiger partial charge in [-0.25, -0.2) is 4.79 Å². The number of hydrogen-bond donors (Lipinski definition) is 0. The molecule has 0 fully saturated rings. The van der Waals surface area contributed by atoms with Crippen LogP contribution in [0.4, 0.5) is 0 Å². The summed E-state index contributed by atoms with van der Waals surface area (Å²) in [6.07, 6.45) is 0. The van der Waals surface area contributed by atoms with Gasteiger partial charge in [-0.3, -0.25) is 9.59 Å². The van der Waals surface area contributed by atoms with Crippen molar-refractivity contribution in [3.05, 3.63) is 0 Å². The van der Waals surface area contributed by atoms with E-state index in [1.165, 1.54) is 13.8 Å². The van der Waals surface area contributed by atoms with E-state index in [0.717, 1.165) is 0 Å². The second-order valence-electron chi connectivity index (χ2n) is 6.10. The van der Waals surface area contributed by atoms with Crippen molar-refractivity contribution < 1.29 is 19.1 Å². The third-order valence-electron chi connectivity index (χ3n) is 1.81. The first-order valence-corrected chi connectivity index (χ1v) is 8.64. The monoisotopic (exact) mass is 360 g/mol. The molecule has 4 nitrogen and oxygen atoms in total. The number of hydrogen-bond acceptors (Lipinski definition) is 4. The summed E-state index contributed by atoms with van der Waals surface area (Å²) in [7, 11) is 0. The highest BCUT2D eigenvalue weighted by molar-refractivity contribution is 5.93. The molecule has 0 heterocycles. The van der Waals surface area contributed by atoms with Crippen LogP contribution in [0, 0.1) is 53.3 Å². The summed E-state index contributed by atoms with van der Waals surface area (Å²) in [5, 5.41) is 0. The van der Waals surface area contributed by atoms with Crippen LogP contribution in [0.15, 0.2) is 0 Å². The number of esters is 1. The molecule has 4 heteroatoms. The van der Waals surface area contributed by atoms with Gasteiger partial charge >= 0.3 is 5.97 Å². The summed E-state index contributed by atoms with van der Waals surface area (Å²) in [5.41, 5.74) is 0. The molecule has 0 bridgehead atoms. The molecule has 0 saturated heterocycles. The molecule has 0 aliphatic carbocycles. The fourth-order valence-electron chi connectivity index (χ4n) is 0.862. The lowest BCUT2D eigenvalue weighted by Crippen LogP contribution is -2.00. The first-order chi connectivity index (χ1) is 11.9. The van der Waals surface area contributed by atoms with Gasteiger partial charge in [0.15, 0.2) is 0 Å². The van der Waals surface area contributed by atoms with E-state index in [4.69, 9.17) is 0 Å². The van der Waals surface area contributed by atoms with E-state index in [1.807, 2.05) is 41.5 Å². The highest BCUT2D eigenvalue weighted by atomic mass is 16.5. The fraction of sp³-hybridized carbons (Fsp3) is 0.591. The topological polar surface area (TPSA) is 60.4 Å². The molecular formula is C22H32O4. The number of carbonyl (C=O) groups is 3. The molecule has 0 amide bonds. The van der Waals surface area contributed by atoms with Crippen LogP contribution in [0.3, 0.4) is 0 Å². The average molecular weight is 360 g/mol. The first kappa shape index (κ1) is 28.3. The van der Waals surface area contributed by atoms with Gasteiger partial charge in [-0.15, -0.1) is 0 Å². The fourth-order valence-corrected chi connectivity index (χ4v) is 0.862. The van der Waals surface area contributed by atoms with Crippen molar-refractivity contribution in [3.63, 3.8) is 0 Å². The Kier molecular flexibility index (Phi) is 20.5. The Bertz CT molecular complexity index is 570. The Hall–Kier alpha value is -2.51. The van der Waals surface area contributed by atoms with E-state index < -0.39 is 5.97 Å². The van der Waals surface area contributed by atoms with Gasteiger partial charge in [0.2, 0.25) is 11.6 Å². The van der Waals surface area contributed by atoms with E-state index in [9.17, 15) is 14.4 Å². The van der Waals surface area contributed by atoms with Crippen LogP contribution in [0.25, 0.3) is 0 Å². The zero-order valence-corrected chi connectivity index (χ0v) is 17.6. The van der Waals surface area contributed by atoms with Gasteiger partial charge in [-0.05, 0) is 18.8 Å². The Balaban J connectivity index is -0.000000308. The van der Waals surface area contributed by atoms with Crippen LogP contribution in [0.5, 0.6) is 0 Å². The third-order valence-corrected chi connectivity index (χ3v) is 1.81. The van der Waals surface area contributed by atoms with Crippen molar-refractivity contribution in [2.45, 2.75) is 62.3 Å². The molecule has 0 aliphatic rings. The largest absolute Gasteiger partial charge is 0.456 e. The molecule has 144 valence electrons. The number of rotatable bonds is 1. The van der Waals surface area contributed by atoms with Gasteiger partial charge in [-0.2, -0.15) is 0 Å². The second-order valence-corrected chi connectivity index (χ2v) is 6.10. The Labute approximate surface area is 159 Å². The molecule has 0 rings (SSSR count). The number of carbonyl (C=O) groups excluding carboxylic acids is 3. The van der Waals surface area contributed by atoms with E-state index in [0.29, 0.717) is 18.4 Å². The molecule has 0 N–H and O–H groups in total. The van der Waals surface area contributed by atoms with Crippen LogP contribution >= 0.6 is 0 Å². The number of ketones is 2. The van der Waals surface area contributed by atoms with Crippen LogP contribution in [-0.2, 0) is 19.1 Å². The van der Waals surface area contributed by atoms with Crippen molar-refractivity contribution in [3.8, 4) is 35.5 Å². The normalized spacial score (nSPS) is 8.15. The minimum absolute atomic E-state index is 0.0568. The number of ether oxygens (including phenoxy) is 1. The van der Waals surface area contributed by atoms with Gasteiger partial charge in [0.05, 0.1) is 6.61 Å². The lowest BCUT2D eigenvalue weighted by atomic mass is 10.2. The van der Waals surface area contributed by atoms with Crippen molar-refractivity contribution >= 4 is 17.5 Å². The lowest BCUT2D eigenvalue weighted by molar-refractivity contribution is -0.136. The van der Waals surface area contributed by atoms with Crippen LogP contribution < -0.4 is 0 Å². The minimum atomic E-state index is -0.434. The highest BCUT2D eigenvalue weighted by Gasteiger charge is 1.92. The molecule has 0 unspecified atom stereocenters. The predicted molar refractivity (Wildman–Crippen MR) is 106 cm³/mol. The van der Waals surface area contributed by atoms with Crippen molar-refractivity contribution in [2.75, 3.05) is 6.61 Å². The van der Waals surface area contributed by atoms with Crippen LogP contribution in [-0.4, -0.2) is 24.1 Å². The van der Waals surface area contributed by atoms with Gasteiger partial charge in [0.1, 0.15) is 0 Å². The Morgan fingerprint density at radius 2 is 1.00 bits per heavy atom. The number of Topliss-reactive ketones (excluding diaryl/α,β-unsaturated/α-hetero) is 2. The molecule has 0 aromatic rings. The Morgan fingerprint density at radius 3 is 1.19 bits per heavy atom. The summed E-state index contributed by atoms with van der Waals surface area (Å²) in [6, 6.07) is 0. The maximum atomic E-state index is 10.6. The second kappa shape index (κ2) is 18.8. The minimum Gasteiger partial charge on any atom is -0.456 e. The predicted octanol–water partition coefficient (Wildman–Crippen LogP) is 3.68. The van der Waals surface area contributed by atoms with Gasteiger partial charge < -0.3 is 4.74 Å². The lowest BCUT2D eigenvalue weighted by Gasteiger charge is -1.91. The summed E-state index contributed by atoms with van der Waals surface area (Å²) >= 11 is 0. The molecule has 0 saturated carbocycles. The average Bonchev–Trinajstić information content (AvgIpc) is 2.50. The maximum Gasteiger partial charge on any atom is 0.384 e. The van der Waals surface area contributed by atoms with Gasteiger partial charge in [0.25, 0.3) is 0 Å². The summed E-state index contributed by atoms with van der Waals surface area (Å²) < 4.78 is 4.58. The van der Waals surface area contributed by atoms with E-state index >= 15 is 0 Å². The van der Waals surface area contributed by atoms with E-state index in [1.54, 1.807) is 6.92 Å². The van der Waals surface area contributed by atoms with Gasteiger partial charge in [0, 0.05) is 37.5 Å². The summed E-state index contributed by atoms with van der Waals surface area (Å²) in [6.45, 7) is 16.8. The molecule has 0 radical (unpaired) electrons. The maximum absolute atomic E-state index is 10.6. The SMILES string of the molecule is CC(=O)C#CC(C)C.CC(=O)C#CC(C)C.CCOC(=O)C#CC(C)C. The zero-order valence-electron chi connectivity index (χ0n) is 17.6. The molecule has 0 aliphatic heterocycles. The van der Waals surface area contributed by atoms with Crippen molar-refractivity contribution in [1.82, 2.24) is 0 Å². The van der Waals surface area contributed by atoms with Gasteiger partial charge in [-0.1, -0.05) is 59.3 Å².